The number of hydrogen-bond acceptors (Lipinski definition) is 6. The Balaban J connectivity index is 2.09. The van der Waals surface area contributed by atoms with E-state index in [-0.39, 0.29) is 17.5 Å². The molecule has 2 aliphatic heterocycles. The first-order valence-electron chi connectivity index (χ1n) is 16.0. The van der Waals surface area contributed by atoms with Crippen molar-refractivity contribution in [2.24, 2.45) is 5.92 Å². The van der Waals surface area contributed by atoms with Crippen LogP contribution >= 0.6 is 12.2 Å². The lowest BCUT2D eigenvalue weighted by atomic mass is 9.87. The monoisotopic (exact) mass is 627 g/mol. The molecule has 1 N–H and O–H groups in total. The predicted molar refractivity (Wildman–Crippen MR) is 183 cm³/mol. The smallest absolute Gasteiger partial charge is 0.319 e. The van der Waals surface area contributed by atoms with Crippen molar-refractivity contribution in [3.05, 3.63) is 82.7 Å². The molecule has 1 saturated carbocycles. The Hall–Kier alpha value is -2.91. The zero-order valence-corrected chi connectivity index (χ0v) is 29.2. The lowest BCUT2D eigenvalue weighted by Crippen LogP contribution is -2.52. The average molecular weight is 628 g/mol. The van der Waals surface area contributed by atoms with E-state index in [4.69, 9.17) is 4.18 Å². The second kappa shape index (κ2) is 15.9. The lowest BCUT2D eigenvalue weighted by Gasteiger charge is -2.42. The molecule has 2 unspecified atom stereocenters. The topological polar surface area (TPSA) is 51.3 Å². The number of nitrogens with one attached hydrogen (secondary N) is 1. The normalized spacial score (nSPS) is 21.8. The third kappa shape index (κ3) is 8.84. The van der Waals surface area contributed by atoms with E-state index in [9.17, 15) is 9.18 Å². The van der Waals surface area contributed by atoms with Gasteiger partial charge in [-0.15, -0.1) is 0 Å². The van der Waals surface area contributed by atoms with Crippen LogP contribution < -0.4 is 4.72 Å². The van der Waals surface area contributed by atoms with Crippen LogP contribution in [0, 0.1) is 5.92 Å². The zero-order valence-electron chi connectivity index (χ0n) is 28.4. The third-order valence-corrected chi connectivity index (χ3v) is 9.67. The molecule has 7 nitrogen and oxygen atoms in total. The summed E-state index contributed by atoms with van der Waals surface area (Å²) in [5, 5.41) is 0. The van der Waals surface area contributed by atoms with E-state index in [0.29, 0.717) is 26.2 Å². The molecule has 2 heterocycles. The second-order valence-corrected chi connectivity index (χ2v) is 13.0. The van der Waals surface area contributed by atoms with Gasteiger partial charge in [-0.3, -0.25) is 0 Å². The molecule has 0 spiro atoms. The van der Waals surface area contributed by atoms with Gasteiger partial charge < -0.3 is 23.8 Å². The zero-order chi connectivity index (χ0) is 32.6. The van der Waals surface area contributed by atoms with Crippen LogP contribution in [0.2, 0.25) is 0 Å². The summed E-state index contributed by atoms with van der Waals surface area (Å²) in [7, 11) is 3.58. The molecular formula is C35H54FN5O2S. The Morgan fingerprint density at radius 3 is 2.34 bits per heavy atom. The summed E-state index contributed by atoms with van der Waals surface area (Å²) in [6.07, 6.45) is 15.1. The first-order chi connectivity index (χ1) is 20.9. The van der Waals surface area contributed by atoms with Crippen molar-refractivity contribution in [2.75, 3.05) is 40.3 Å². The van der Waals surface area contributed by atoms with Gasteiger partial charge in [0.05, 0.1) is 5.70 Å². The van der Waals surface area contributed by atoms with Crippen LogP contribution in [0.25, 0.3) is 0 Å². The van der Waals surface area contributed by atoms with Crippen LogP contribution in [0.1, 0.15) is 74.1 Å². The molecule has 2 fully saturated rings. The molecule has 0 bridgehead atoms. The fraction of sp³-hybridized carbons (Fsp3) is 0.571. The number of rotatable bonds is 13. The van der Waals surface area contributed by atoms with Crippen LogP contribution in [-0.2, 0) is 4.18 Å². The van der Waals surface area contributed by atoms with Crippen LogP contribution in [0.3, 0.4) is 0 Å². The summed E-state index contributed by atoms with van der Waals surface area (Å²) in [5.41, 5.74) is 5.07. The van der Waals surface area contributed by atoms with E-state index in [1.54, 1.807) is 25.9 Å². The van der Waals surface area contributed by atoms with Gasteiger partial charge in [-0.1, -0.05) is 51.2 Å². The number of amides is 2. The number of nitrogens with zero attached hydrogens (tertiary/aromatic N) is 4. The fourth-order valence-electron chi connectivity index (χ4n) is 5.35. The average Bonchev–Trinajstić information content (AvgIpc) is 3.75. The van der Waals surface area contributed by atoms with Gasteiger partial charge in [-0.25, -0.2) is 13.9 Å². The van der Waals surface area contributed by atoms with E-state index in [1.165, 1.54) is 12.2 Å². The van der Waals surface area contributed by atoms with Gasteiger partial charge in [-0.2, -0.15) is 0 Å². The van der Waals surface area contributed by atoms with Crippen molar-refractivity contribution in [1.29, 1.82) is 0 Å². The number of carbonyl (C=O) groups is 1. The summed E-state index contributed by atoms with van der Waals surface area (Å²) in [6, 6.07) is 0.0290. The lowest BCUT2D eigenvalue weighted by molar-refractivity contribution is 0.127. The van der Waals surface area contributed by atoms with E-state index in [2.05, 4.69) is 73.1 Å². The molecule has 2 atom stereocenters. The van der Waals surface area contributed by atoms with Gasteiger partial charge in [0, 0.05) is 64.2 Å². The minimum atomic E-state index is -1.05. The minimum absolute atomic E-state index is 0.0290. The van der Waals surface area contributed by atoms with Gasteiger partial charge in [0.2, 0.25) is 0 Å². The van der Waals surface area contributed by atoms with Gasteiger partial charge in [0.1, 0.15) is 30.0 Å². The maximum atomic E-state index is 14.7. The van der Waals surface area contributed by atoms with Crippen LogP contribution in [0.15, 0.2) is 82.7 Å². The summed E-state index contributed by atoms with van der Waals surface area (Å²) in [5.74, 6) is 1.90. The largest absolute Gasteiger partial charge is 0.409 e. The second-order valence-electron chi connectivity index (χ2n) is 12.5. The minimum Gasteiger partial charge on any atom is -0.409 e. The number of piperazine rings is 1. The molecule has 3 rings (SSSR count). The molecule has 0 aromatic rings. The van der Waals surface area contributed by atoms with Gasteiger partial charge >= 0.3 is 6.03 Å². The molecule has 3 aliphatic rings. The molecule has 0 radical (unpaired) electrons. The highest BCUT2D eigenvalue weighted by Gasteiger charge is 2.38. The van der Waals surface area contributed by atoms with Crippen molar-refractivity contribution >= 4 is 18.3 Å². The van der Waals surface area contributed by atoms with E-state index < -0.39 is 6.17 Å². The van der Waals surface area contributed by atoms with Crippen molar-refractivity contribution in [1.82, 2.24) is 24.3 Å². The van der Waals surface area contributed by atoms with Gasteiger partial charge in [0.25, 0.3) is 0 Å². The Labute approximate surface area is 270 Å². The quantitative estimate of drug-likeness (QED) is 0.127. The number of hydrogen-bond donors (Lipinski definition) is 1. The van der Waals surface area contributed by atoms with Crippen molar-refractivity contribution < 1.29 is 13.4 Å². The van der Waals surface area contributed by atoms with Crippen molar-refractivity contribution in [3.63, 3.8) is 0 Å². The van der Waals surface area contributed by atoms with E-state index >= 15 is 0 Å². The highest BCUT2D eigenvalue weighted by molar-refractivity contribution is 7.92. The molecule has 1 aliphatic carbocycles. The molecular weight excluding hydrogens is 573 g/mol. The maximum absolute atomic E-state index is 14.7. The molecule has 44 heavy (non-hydrogen) atoms. The number of urea groups is 1. The SMILES string of the molecule is C=CN1C(N2CCN(C(=O)N(C)C)CC2)=CC(OSNC2(C)CC2)=C\C1=C(C(/C=C\C(=C(C)CC)C(C)F)=C/C)\C(C)CC. The highest BCUT2D eigenvalue weighted by atomic mass is 32.2. The number of halogens is 1. The molecule has 2 amide bonds. The first kappa shape index (κ1) is 35.6. The van der Waals surface area contributed by atoms with E-state index in [1.807, 2.05) is 31.0 Å². The Morgan fingerprint density at radius 1 is 1.18 bits per heavy atom. The number of allylic oxidation sites excluding steroid dienone is 9. The molecule has 9 heteroatoms. The van der Waals surface area contributed by atoms with Crippen molar-refractivity contribution in [3.8, 4) is 0 Å². The van der Waals surface area contributed by atoms with Crippen LogP contribution in [-0.4, -0.2) is 77.6 Å². The summed E-state index contributed by atoms with van der Waals surface area (Å²) >= 11 is 1.28. The third-order valence-electron chi connectivity index (χ3n) is 8.82. The summed E-state index contributed by atoms with van der Waals surface area (Å²) in [4.78, 5) is 20.6. The maximum Gasteiger partial charge on any atom is 0.319 e. The molecule has 0 aromatic carbocycles. The van der Waals surface area contributed by atoms with Gasteiger partial charge in [0.15, 0.2) is 0 Å². The summed E-state index contributed by atoms with van der Waals surface area (Å²) in [6.45, 7) is 21.2. The van der Waals surface area contributed by atoms with Gasteiger partial charge in [-0.05, 0) is 76.0 Å². The fourth-order valence-corrected chi connectivity index (χ4v) is 5.99. The molecule has 0 aromatic heterocycles. The predicted octanol–water partition coefficient (Wildman–Crippen LogP) is 8.08. The van der Waals surface area contributed by atoms with E-state index in [0.717, 1.165) is 65.3 Å². The first-order valence-corrected chi connectivity index (χ1v) is 16.7. The Bertz CT molecular complexity index is 1230. The molecule has 1 saturated heterocycles. The Kier molecular flexibility index (Phi) is 12.8. The summed E-state index contributed by atoms with van der Waals surface area (Å²) < 4.78 is 24.4. The van der Waals surface area contributed by atoms with Crippen LogP contribution in [0.5, 0.6) is 0 Å². The number of alkyl halides is 1. The standard InChI is InChI=1S/C35H54FN5O2S/c1-11-25(5)30(27(7)36)16-15-28(13-3)33(26(6)12-2)31-23-29(43-44-37-35(8)17-18-35)24-32(41(31)14-4)39-19-21-40(22-20-39)34(42)38(9)10/h13-16,23-24,26-27,37H,4,11-12,17-22H2,1-3,5-10H3/b16-15-,28-13+,30-25?,33-31+. The number of carbonyl (C=O) groups excluding carboxylic acids is 1. The highest BCUT2D eigenvalue weighted by Crippen LogP contribution is 2.39. The van der Waals surface area contributed by atoms with Crippen molar-refractivity contribution in [2.45, 2.75) is 85.9 Å². The molecule has 244 valence electrons. The van der Waals surface area contributed by atoms with Crippen LogP contribution in [0.4, 0.5) is 9.18 Å². The Morgan fingerprint density at radius 2 is 1.84 bits per heavy atom.